The summed E-state index contributed by atoms with van der Waals surface area (Å²) in [4.78, 5) is 0. The van der Waals surface area contributed by atoms with Crippen molar-refractivity contribution in [1.29, 1.82) is 0 Å². The Morgan fingerprint density at radius 3 is 1.76 bits per heavy atom. The van der Waals surface area contributed by atoms with Gasteiger partial charge in [0.15, 0.2) is 0 Å². The molecule has 1 aliphatic carbocycles. The van der Waals surface area contributed by atoms with Gasteiger partial charge in [0.05, 0.1) is 0 Å². The highest BCUT2D eigenvalue weighted by molar-refractivity contribution is 6.03. The van der Waals surface area contributed by atoms with Crippen molar-refractivity contribution in [3.05, 3.63) is 108 Å². The van der Waals surface area contributed by atoms with Gasteiger partial charge in [-0.2, -0.15) is 0 Å². The van der Waals surface area contributed by atoms with Gasteiger partial charge in [0.2, 0.25) is 0 Å². The van der Waals surface area contributed by atoms with E-state index in [-0.39, 0.29) is 5.41 Å². The van der Waals surface area contributed by atoms with Gasteiger partial charge in [-0.25, -0.2) is 0 Å². The molecule has 0 bridgehead atoms. The lowest BCUT2D eigenvalue weighted by atomic mass is 9.70. The molecule has 1 aromatic heterocycles. The van der Waals surface area contributed by atoms with E-state index >= 15 is 0 Å². The standard InChI is InChI=1S/C40H44O/c1-4-6-8-14-26-40(27-15-9-7-5-2)36-19-13-12-16-32(36)33-25-24-31(28-37(33)40)39-35-18-11-10-17-34(35)38(41-39)30-22-20-29(3)21-23-30/h10-13,16-25,28H,4-9,14-15,26-27H2,1-3H3. The first-order chi connectivity index (χ1) is 20.2. The molecule has 210 valence electrons. The van der Waals surface area contributed by atoms with E-state index in [4.69, 9.17) is 4.42 Å². The molecule has 1 aliphatic rings. The number of rotatable bonds is 12. The van der Waals surface area contributed by atoms with Crippen LogP contribution in [-0.2, 0) is 5.41 Å². The van der Waals surface area contributed by atoms with Crippen LogP contribution in [0.5, 0.6) is 0 Å². The number of benzene rings is 4. The van der Waals surface area contributed by atoms with Gasteiger partial charge >= 0.3 is 0 Å². The summed E-state index contributed by atoms with van der Waals surface area (Å²) in [7, 11) is 0. The zero-order valence-electron chi connectivity index (χ0n) is 25.1. The van der Waals surface area contributed by atoms with Crippen molar-refractivity contribution >= 4 is 10.8 Å². The Morgan fingerprint density at radius 2 is 1.10 bits per heavy atom. The molecule has 4 aromatic carbocycles. The van der Waals surface area contributed by atoms with Crippen molar-refractivity contribution in [3.8, 4) is 33.8 Å². The third kappa shape index (κ3) is 5.16. The van der Waals surface area contributed by atoms with Gasteiger partial charge in [-0.3, -0.25) is 0 Å². The fourth-order valence-electron chi connectivity index (χ4n) is 7.19. The minimum Gasteiger partial charge on any atom is -0.455 e. The first-order valence-electron chi connectivity index (χ1n) is 16.0. The Balaban J connectivity index is 1.48. The van der Waals surface area contributed by atoms with E-state index in [1.807, 2.05) is 0 Å². The third-order valence-electron chi connectivity index (χ3n) is 9.38. The van der Waals surface area contributed by atoms with Crippen LogP contribution in [0.2, 0.25) is 0 Å². The molecule has 0 amide bonds. The summed E-state index contributed by atoms with van der Waals surface area (Å²) in [5, 5.41) is 2.37. The number of aryl methyl sites for hydroxylation is 1. The van der Waals surface area contributed by atoms with Gasteiger partial charge < -0.3 is 4.42 Å². The van der Waals surface area contributed by atoms with Crippen LogP contribution in [0.1, 0.15) is 94.7 Å². The fraction of sp³-hybridized carbons (Fsp3) is 0.350. The van der Waals surface area contributed by atoms with Gasteiger partial charge in [0.1, 0.15) is 11.5 Å². The lowest BCUT2D eigenvalue weighted by Crippen LogP contribution is -2.25. The monoisotopic (exact) mass is 540 g/mol. The number of unbranched alkanes of at least 4 members (excludes halogenated alkanes) is 6. The van der Waals surface area contributed by atoms with Crippen LogP contribution in [-0.4, -0.2) is 0 Å². The third-order valence-corrected chi connectivity index (χ3v) is 9.38. The Hall–Kier alpha value is -3.58. The lowest BCUT2D eigenvalue weighted by molar-refractivity contribution is 0.401. The van der Waals surface area contributed by atoms with Gasteiger partial charge in [-0.05, 0) is 48.1 Å². The molecule has 0 radical (unpaired) electrons. The average molecular weight is 541 g/mol. The maximum Gasteiger partial charge on any atom is 0.142 e. The second kappa shape index (κ2) is 12.1. The highest BCUT2D eigenvalue weighted by Gasteiger charge is 2.42. The SMILES string of the molecule is CCCCCCC1(CCCCCC)c2ccccc2-c2ccc(-c3oc(-c4ccc(C)cc4)c4ccccc34)cc21. The Kier molecular flexibility index (Phi) is 8.15. The minimum atomic E-state index is 0.0750. The average Bonchev–Trinajstić information content (AvgIpc) is 3.52. The molecule has 0 saturated heterocycles. The topological polar surface area (TPSA) is 13.1 Å². The Labute approximate surface area is 246 Å². The first kappa shape index (κ1) is 27.6. The van der Waals surface area contributed by atoms with Crippen LogP contribution in [0.3, 0.4) is 0 Å². The molecule has 0 atom stereocenters. The smallest absolute Gasteiger partial charge is 0.142 e. The summed E-state index contributed by atoms with van der Waals surface area (Å²) < 4.78 is 6.81. The van der Waals surface area contributed by atoms with E-state index in [1.165, 1.54) is 103 Å². The van der Waals surface area contributed by atoms with Crippen molar-refractivity contribution in [2.75, 3.05) is 0 Å². The number of fused-ring (bicyclic) bond motifs is 4. The zero-order valence-corrected chi connectivity index (χ0v) is 25.1. The van der Waals surface area contributed by atoms with E-state index in [0.717, 1.165) is 17.1 Å². The molecule has 1 heterocycles. The molecule has 0 unspecified atom stereocenters. The molecule has 0 spiro atoms. The molecule has 5 aromatic rings. The summed E-state index contributed by atoms with van der Waals surface area (Å²) in [6.45, 7) is 6.76. The molecule has 1 nitrogen and oxygen atoms in total. The maximum absolute atomic E-state index is 6.81. The van der Waals surface area contributed by atoms with Gasteiger partial charge in [-0.1, -0.05) is 156 Å². The van der Waals surface area contributed by atoms with E-state index in [9.17, 15) is 0 Å². The van der Waals surface area contributed by atoms with Crippen LogP contribution in [0.4, 0.5) is 0 Å². The molecular formula is C40H44O. The molecule has 0 saturated carbocycles. The van der Waals surface area contributed by atoms with E-state index in [1.54, 1.807) is 5.56 Å². The highest BCUT2D eigenvalue weighted by atomic mass is 16.3. The lowest BCUT2D eigenvalue weighted by Gasteiger charge is -2.33. The zero-order chi connectivity index (χ0) is 28.2. The van der Waals surface area contributed by atoms with Gasteiger partial charge in [0, 0.05) is 27.3 Å². The second-order valence-corrected chi connectivity index (χ2v) is 12.2. The summed E-state index contributed by atoms with van der Waals surface area (Å²) >= 11 is 0. The van der Waals surface area contributed by atoms with Gasteiger partial charge in [0.25, 0.3) is 0 Å². The highest BCUT2D eigenvalue weighted by Crippen LogP contribution is 2.55. The molecular weight excluding hydrogens is 496 g/mol. The Morgan fingerprint density at radius 1 is 0.537 bits per heavy atom. The minimum absolute atomic E-state index is 0.0750. The summed E-state index contributed by atoms with van der Waals surface area (Å²) in [6, 6.07) is 33.8. The fourth-order valence-corrected chi connectivity index (χ4v) is 7.19. The quantitative estimate of drug-likeness (QED) is 0.143. The van der Waals surface area contributed by atoms with Gasteiger partial charge in [-0.15, -0.1) is 0 Å². The normalized spacial score (nSPS) is 13.4. The van der Waals surface area contributed by atoms with E-state index < -0.39 is 0 Å². The second-order valence-electron chi connectivity index (χ2n) is 12.2. The first-order valence-corrected chi connectivity index (χ1v) is 16.0. The van der Waals surface area contributed by atoms with E-state index in [0.29, 0.717) is 0 Å². The van der Waals surface area contributed by atoms with Crippen molar-refractivity contribution in [2.24, 2.45) is 0 Å². The number of hydrogen-bond acceptors (Lipinski definition) is 1. The van der Waals surface area contributed by atoms with E-state index in [2.05, 4.69) is 112 Å². The molecule has 0 fully saturated rings. The summed E-state index contributed by atoms with van der Waals surface area (Å²) in [5.41, 5.74) is 9.58. The van der Waals surface area contributed by atoms with Crippen LogP contribution in [0, 0.1) is 6.92 Å². The van der Waals surface area contributed by atoms with Crippen LogP contribution in [0.15, 0.2) is 95.4 Å². The van der Waals surface area contributed by atoms with Crippen LogP contribution >= 0.6 is 0 Å². The van der Waals surface area contributed by atoms with Crippen molar-refractivity contribution in [2.45, 2.75) is 90.4 Å². The van der Waals surface area contributed by atoms with Crippen LogP contribution < -0.4 is 0 Å². The summed E-state index contributed by atoms with van der Waals surface area (Å²) in [5.74, 6) is 1.95. The van der Waals surface area contributed by atoms with Crippen LogP contribution in [0.25, 0.3) is 44.5 Å². The number of hydrogen-bond donors (Lipinski definition) is 0. The summed E-state index contributed by atoms with van der Waals surface area (Å²) in [6.07, 6.45) is 12.8. The predicted molar refractivity (Wildman–Crippen MR) is 176 cm³/mol. The van der Waals surface area contributed by atoms with Crippen molar-refractivity contribution in [1.82, 2.24) is 0 Å². The van der Waals surface area contributed by atoms with Crippen molar-refractivity contribution in [3.63, 3.8) is 0 Å². The molecule has 0 aliphatic heterocycles. The maximum atomic E-state index is 6.81. The number of furan rings is 1. The molecule has 0 N–H and O–H groups in total. The molecule has 1 heteroatoms. The molecule has 6 rings (SSSR count). The Bertz CT molecular complexity index is 1610. The predicted octanol–water partition coefficient (Wildman–Crippen LogP) is 12.3. The molecule has 41 heavy (non-hydrogen) atoms. The largest absolute Gasteiger partial charge is 0.455 e. The van der Waals surface area contributed by atoms with Crippen molar-refractivity contribution < 1.29 is 4.42 Å².